The van der Waals surface area contributed by atoms with Gasteiger partial charge >= 0.3 is 6.18 Å². The molecule has 1 fully saturated rings. The van der Waals surface area contributed by atoms with Gasteiger partial charge < -0.3 is 9.88 Å². The highest BCUT2D eigenvalue weighted by Crippen LogP contribution is 2.40. The molecule has 0 unspecified atom stereocenters. The molecule has 9 heteroatoms. The second-order valence-corrected chi connectivity index (χ2v) is 7.46. The van der Waals surface area contributed by atoms with Gasteiger partial charge in [-0.2, -0.15) is 13.2 Å². The van der Waals surface area contributed by atoms with Gasteiger partial charge in [0.25, 0.3) is 0 Å². The summed E-state index contributed by atoms with van der Waals surface area (Å²) >= 11 is 1.20. The quantitative estimate of drug-likeness (QED) is 0.754. The lowest BCUT2D eigenvalue weighted by molar-refractivity contribution is -0.137. The van der Waals surface area contributed by atoms with Gasteiger partial charge in [0.1, 0.15) is 5.82 Å². The van der Waals surface area contributed by atoms with Crippen LogP contribution < -0.4 is 5.32 Å². The highest BCUT2D eigenvalue weighted by Gasteiger charge is 2.34. The summed E-state index contributed by atoms with van der Waals surface area (Å²) in [6.45, 7) is 4.30. The van der Waals surface area contributed by atoms with Crippen molar-refractivity contribution >= 4 is 23.4 Å². The molecule has 0 radical (unpaired) electrons. The number of aromatic nitrogens is 3. The van der Waals surface area contributed by atoms with E-state index in [0.717, 1.165) is 24.7 Å². The molecule has 1 N–H and O–H groups in total. The number of thioether (sulfide) groups is 1. The van der Waals surface area contributed by atoms with Crippen LogP contribution >= 0.6 is 11.8 Å². The Balaban J connectivity index is 1.72. The normalized spacial score (nSPS) is 15.7. The standard InChI is InChI=1S/C17H19F3N4OS/c1-3-24-14(11-8-9-11)22-23-16(24)26-10(2)15(25)21-13-7-5-4-6-12(13)17(18,19)20/h4-7,10-11H,3,8-9H2,1-2H3,(H,21,25)/t10-/m1/s1. The molecule has 0 saturated heterocycles. The first-order valence-electron chi connectivity index (χ1n) is 8.38. The van der Waals surface area contributed by atoms with Crippen molar-refractivity contribution in [3.63, 3.8) is 0 Å². The number of carbonyl (C=O) groups excluding carboxylic acids is 1. The summed E-state index contributed by atoms with van der Waals surface area (Å²) in [6, 6.07) is 4.94. The van der Waals surface area contributed by atoms with Gasteiger partial charge in [-0.1, -0.05) is 23.9 Å². The lowest BCUT2D eigenvalue weighted by atomic mass is 10.1. The van der Waals surface area contributed by atoms with Gasteiger partial charge in [-0.25, -0.2) is 0 Å². The zero-order valence-corrected chi connectivity index (χ0v) is 15.2. The van der Waals surface area contributed by atoms with E-state index in [1.165, 1.54) is 30.0 Å². The van der Waals surface area contributed by atoms with E-state index in [1.54, 1.807) is 6.92 Å². The van der Waals surface area contributed by atoms with Gasteiger partial charge in [-0.15, -0.1) is 10.2 Å². The molecular formula is C17H19F3N4OS. The number of halogens is 3. The van der Waals surface area contributed by atoms with E-state index in [9.17, 15) is 18.0 Å². The third kappa shape index (κ3) is 4.03. The molecule has 1 atom stereocenters. The van der Waals surface area contributed by atoms with Crippen LogP contribution in [0.5, 0.6) is 0 Å². The van der Waals surface area contributed by atoms with Crippen molar-refractivity contribution in [2.45, 2.75) is 55.7 Å². The zero-order valence-electron chi connectivity index (χ0n) is 14.4. The lowest BCUT2D eigenvalue weighted by Gasteiger charge is -2.16. The van der Waals surface area contributed by atoms with Crippen LogP contribution in [0.2, 0.25) is 0 Å². The Morgan fingerprint density at radius 2 is 2.04 bits per heavy atom. The molecule has 1 heterocycles. The third-order valence-electron chi connectivity index (χ3n) is 4.15. The zero-order chi connectivity index (χ0) is 18.9. The first kappa shape index (κ1) is 18.8. The van der Waals surface area contributed by atoms with Crippen LogP contribution in [0.4, 0.5) is 18.9 Å². The third-order valence-corrected chi connectivity index (χ3v) is 5.23. The van der Waals surface area contributed by atoms with Gasteiger partial charge in [-0.3, -0.25) is 4.79 Å². The van der Waals surface area contributed by atoms with Crippen LogP contribution in [0.15, 0.2) is 29.4 Å². The monoisotopic (exact) mass is 384 g/mol. The summed E-state index contributed by atoms with van der Waals surface area (Å²) in [5, 5.41) is 10.7. The van der Waals surface area contributed by atoms with E-state index in [1.807, 2.05) is 11.5 Å². The maximum absolute atomic E-state index is 13.1. The number of hydrogen-bond donors (Lipinski definition) is 1. The molecule has 1 amide bonds. The van der Waals surface area contributed by atoms with Crippen LogP contribution in [-0.2, 0) is 17.5 Å². The maximum atomic E-state index is 13.1. The number of para-hydroxylation sites is 1. The van der Waals surface area contributed by atoms with Crippen molar-refractivity contribution < 1.29 is 18.0 Å². The highest BCUT2D eigenvalue weighted by molar-refractivity contribution is 8.00. The molecule has 0 aliphatic heterocycles. The minimum atomic E-state index is -4.53. The molecule has 1 aromatic carbocycles. The van der Waals surface area contributed by atoms with Crippen molar-refractivity contribution in [2.24, 2.45) is 0 Å². The number of nitrogens with one attached hydrogen (secondary N) is 1. The fourth-order valence-corrected chi connectivity index (χ4v) is 3.53. The van der Waals surface area contributed by atoms with E-state index < -0.39 is 22.9 Å². The van der Waals surface area contributed by atoms with Crippen molar-refractivity contribution in [3.05, 3.63) is 35.7 Å². The van der Waals surface area contributed by atoms with E-state index in [4.69, 9.17) is 0 Å². The Labute approximate surface area is 153 Å². The number of amides is 1. The van der Waals surface area contributed by atoms with E-state index in [2.05, 4.69) is 15.5 Å². The van der Waals surface area contributed by atoms with Gasteiger partial charge in [0, 0.05) is 12.5 Å². The molecule has 1 aliphatic rings. The predicted octanol–water partition coefficient (Wildman–Crippen LogP) is 4.31. The molecule has 140 valence electrons. The Morgan fingerprint density at radius 3 is 2.65 bits per heavy atom. The number of nitrogens with zero attached hydrogens (tertiary/aromatic N) is 3. The second kappa shape index (κ2) is 7.30. The topological polar surface area (TPSA) is 59.8 Å². The molecule has 0 spiro atoms. The van der Waals surface area contributed by atoms with Gasteiger partial charge in [0.05, 0.1) is 16.5 Å². The van der Waals surface area contributed by atoms with Crippen LogP contribution in [0, 0.1) is 0 Å². The largest absolute Gasteiger partial charge is 0.418 e. The molecule has 1 aromatic heterocycles. The smallest absolute Gasteiger partial charge is 0.325 e. The second-order valence-electron chi connectivity index (χ2n) is 6.15. The fourth-order valence-electron chi connectivity index (χ4n) is 2.61. The Kier molecular flexibility index (Phi) is 5.27. The summed E-state index contributed by atoms with van der Waals surface area (Å²) < 4.78 is 41.1. The van der Waals surface area contributed by atoms with Crippen molar-refractivity contribution in [3.8, 4) is 0 Å². The fraction of sp³-hybridized carbons (Fsp3) is 0.471. The number of carbonyl (C=O) groups is 1. The summed E-state index contributed by atoms with van der Waals surface area (Å²) in [5.41, 5.74) is -1.11. The summed E-state index contributed by atoms with van der Waals surface area (Å²) in [7, 11) is 0. The number of alkyl halides is 3. The minimum Gasteiger partial charge on any atom is -0.325 e. The lowest BCUT2D eigenvalue weighted by Crippen LogP contribution is -2.24. The van der Waals surface area contributed by atoms with Crippen LogP contribution in [0.3, 0.4) is 0 Å². The van der Waals surface area contributed by atoms with Crippen LogP contribution in [0.25, 0.3) is 0 Å². The van der Waals surface area contributed by atoms with Crippen molar-refractivity contribution in [1.29, 1.82) is 0 Å². The molecule has 5 nitrogen and oxygen atoms in total. The number of anilines is 1. The van der Waals surface area contributed by atoms with E-state index >= 15 is 0 Å². The Morgan fingerprint density at radius 1 is 1.35 bits per heavy atom. The summed E-state index contributed by atoms with van der Waals surface area (Å²) in [6.07, 6.45) is -2.35. The first-order chi connectivity index (χ1) is 12.3. The Bertz CT molecular complexity index is 802. The number of benzene rings is 1. The summed E-state index contributed by atoms with van der Waals surface area (Å²) in [5.74, 6) is 0.843. The van der Waals surface area contributed by atoms with Gasteiger partial charge in [-0.05, 0) is 38.8 Å². The van der Waals surface area contributed by atoms with Crippen LogP contribution in [0.1, 0.15) is 44.0 Å². The molecule has 1 saturated carbocycles. The van der Waals surface area contributed by atoms with Crippen molar-refractivity contribution in [1.82, 2.24) is 14.8 Å². The van der Waals surface area contributed by atoms with Gasteiger partial charge in [0.2, 0.25) is 5.91 Å². The average molecular weight is 384 g/mol. The highest BCUT2D eigenvalue weighted by atomic mass is 32.2. The first-order valence-corrected chi connectivity index (χ1v) is 9.26. The molecule has 1 aliphatic carbocycles. The van der Waals surface area contributed by atoms with E-state index in [-0.39, 0.29) is 5.69 Å². The number of hydrogen-bond acceptors (Lipinski definition) is 4. The minimum absolute atomic E-state index is 0.243. The van der Waals surface area contributed by atoms with Crippen molar-refractivity contribution in [2.75, 3.05) is 5.32 Å². The maximum Gasteiger partial charge on any atom is 0.418 e. The molecular weight excluding hydrogens is 365 g/mol. The molecule has 2 aromatic rings. The average Bonchev–Trinajstić information content (AvgIpc) is 3.35. The molecule has 26 heavy (non-hydrogen) atoms. The SMILES string of the molecule is CCn1c(S[C@H](C)C(=O)Nc2ccccc2C(F)(F)F)nnc1C1CC1. The Hall–Kier alpha value is -2.03. The predicted molar refractivity (Wildman–Crippen MR) is 93.1 cm³/mol. The van der Waals surface area contributed by atoms with Gasteiger partial charge in [0.15, 0.2) is 5.16 Å². The number of rotatable bonds is 6. The van der Waals surface area contributed by atoms with Crippen LogP contribution in [-0.4, -0.2) is 25.9 Å². The van der Waals surface area contributed by atoms with E-state index in [0.29, 0.717) is 17.6 Å². The summed E-state index contributed by atoms with van der Waals surface area (Å²) in [4.78, 5) is 12.4. The molecule has 3 rings (SSSR count). The molecule has 0 bridgehead atoms.